The minimum atomic E-state index is -4.80. The number of alkyl halides is 3. The maximum absolute atomic E-state index is 12.3. The number of halogens is 3. The number of phenols is 1. The first kappa shape index (κ1) is 17.7. The lowest BCUT2D eigenvalue weighted by Gasteiger charge is -2.09. The van der Waals surface area contributed by atoms with Gasteiger partial charge in [-0.15, -0.1) is 13.2 Å². The predicted molar refractivity (Wildman–Crippen MR) is 86.0 cm³/mol. The Kier molecular flexibility index (Phi) is 4.50. The summed E-state index contributed by atoms with van der Waals surface area (Å²) in [6.07, 6.45) is -4.80. The molecule has 26 heavy (non-hydrogen) atoms. The van der Waals surface area contributed by atoms with Gasteiger partial charge in [-0.25, -0.2) is 4.79 Å². The van der Waals surface area contributed by atoms with Gasteiger partial charge in [-0.1, -0.05) is 0 Å². The summed E-state index contributed by atoms with van der Waals surface area (Å²) in [5.41, 5.74) is 0.775. The van der Waals surface area contributed by atoms with E-state index in [1.165, 1.54) is 30.3 Å². The van der Waals surface area contributed by atoms with E-state index in [9.17, 15) is 23.1 Å². The van der Waals surface area contributed by atoms with Crippen molar-refractivity contribution in [2.24, 2.45) is 0 Å². The number of rotatable bonds is 4. The van der Waals surface area contributed by atoms with E-state index in [1.807, 2.05) is 0 Å². The molecule has 0 aliphatic heterocycles. The number of ether oxygens (including phenoxy) is 2. The van der Waals surface area contributed by atoms with Crippen molar-refractivity contribution < 1.29 is 37.0 Å². The highest BCUT2D eigenvalue weighted by molar-refractivity contribution is 6.09. The summed E-state index contributed by atoms with van der Waals surface area (Å²) in [6, 6.07) is 9.13. The highest BCUT2D eigenvalue weighted by Gasteiger charge is 2.31. The second kappa shape index (κ2) is 6.62. The first-order valence-corrected chi connectivity index (χ1v) is 7.57. The summed E-state index contributed by atoms with van der Waals surface area (Å²) in [6.45, 7) is 1.77. The Morgan fingerprint density at radius 3 is 2.46 bits per heavy atom. The molecular weight excluding hydrogens is 353 g/mol. The molecule has 0 atom stereocenters. The standard InChI is InChI=1S/C18H13F3O5/c1-2-24-17(23)15-13-9-11(22)5-8-14(13)25-16(15)10-3-6-12(7-4-10)26-18(19,20)21/h3-9,22H,2H2,1H3. The molecule has 3 aromatic rings. The molecule has 1 N–H and O–H groups in total. The molecular formula is C18H13F3O5. The molecule has 0 spiro atoms. The van der Waals surface area contributed by atoms with Gasteiger partial charge in [-0.2, -0.15) is 0 Å². The number of carbonyl (C=O) groups is 1. The predicted octanol–water partition coefficient (Wildman–Crippen LogP) is 4.88. The lowest BCUT2D eigenvalue weighted by atomic mass is 10.1. The van der Waals surface area contributed by atoms with Gasteiger partial charge in [0.1, 0.15) is 28.4 Å². The summed E-state index contributed by atoms with van der Waals surface area (Å²) < 4.78 is 51.3. The molecule has 0 amide bonds. The second-order valence-corrected chi connectivity index (χ2v) is 5.28. The summed E-state index contributed by atoms with van der Waals surface area (Å²) in [5, 5.41) is 10.0. The quantitative estimate of drug-likeness (QED) is 0.667. The number of aromatic hydroxyl groups is 1. The van der Waals surface area contributed by atoms with Crippen molar-refractivity contribution in [1.82, 2.24) is 0 Å². The zero-order valence-electron chi connectivity index (χ0n) is 13.5. The smallest absolute Gasteiger partial charge is 0.508 e. The van der Waals surface area contributed by atoms with Crippen molar-refractivity contribution in [3.8, 4) is 22.8 Å². The number of esters is 1. The van der Waals surface area contributed by atoms with E-state index in [1.54, 1.807) is 6.92 Å². The topological polar surface area (TPSA) is 68.9 Å². The van der Waals surface area contributed by atoms with E-state index in [-0.39, 0.29) is 23.7 Å². The fourth-order valence-electron chi connectivity index (χ4n) is 2.50. The van der Waals surface area contributed by atoms with Crippen LogP contribution in [0, 0.1) is 0 Å². The molecule has 0 aliphatic rings. The van der Waals surface area contributed by atoms with Gasteiger partial charge in [0, 0.05) is 10.9 Å². The van der Waals surface area contributed by atoms with E-state index < -0.39 is 18.1 Å². The average molecular weight is 366 g/mol. The summed E-state index contributed by atoms with van der Waals surface area (Å²) in [5.74, 6) is -0.998. The van der Waals surface area contributed by atoms with Crippen LogP contribution in [0.4, 0.5) is 13.2 Å². The molecule has 1 heterocycles. The highest BCUT2D eigenvalue weighted by Crippen LogP contribution is 2.36. The van der Waals surface area contributed by atoms with Crippen molar-refractivity contribution in [1.29, 1.82) is 0 Å². The molecule has 136 valence electrons. The lowest BCUT2D eigenvalue weighted by molar-refractivity contribution is -0.274. The molecule has 0 saturated carbocycles. The Balaban J connectivity index is 2.09. The van der Waals surface area contributed by atoms with Crippen LogP contribution in [0.3, 0.4) is 0 Å². The average Bonchev–Trinajstić information content (AvgIpc) is 2.93. The van der Waals surface area contributed by atoms with Gasteiger partial charge in [0.05, 0.1) is 6.61 Å². The summed E-state index contributed by atoms with van der Waals surface area (Å²) in [7, 11) is 0. The third-order valence-electron chi connectivity index (χ3n) is 3.50. The highest BCUT2D eigenvalue weighted by atomic mass is 19.4. The molecule has 0 aliphatic carbocycles. The van der Waals surface area contributed by atoms with Crippen LogP contribution in [0.25, 0.3) is 22.3 Å². The number of furan rings is 1. The van der Waals surface area contributed by atoms with Gasteiger partial charge in [0.25, 0.3) is 0 Å². The van der Waals surface area contributed by atoms with Gasteiger partial charge in [0.15, 0.2) is 0 Å². The third-order valence-corrected chi connectivity index (χ3v) is 3.50. The molecule has 0 fully saturated rings. The Morgan fingerprint density at radius 2 is 1.85 bits per heavy atom. The van der Waals surface area contributed by atoms with E-state index in [2.05, 4.69) is 4.74 Å². The van der Waals surface area contributed by atoms with E-state index in [0.717, 1.165) is 12.1 Å². The molecule has 1 aromatic heterocycles. The lowest BCUT2D eigenvalue weighted by Crippen LogP contribution is -2.16. The number of phenolic OH excluding ortho intramolecular Hbond substituents is 1. The molecule has 0 saturated heterocycles. The zero-order chi connectivity index (χ0) is 18.9. The van der Waals surface area contributed by atoms with Crippen LogP contribution in [-0.4, -0.2) is 24.0 Å². The molecule has 8 heteroatoms. The first-order valence-electron chi connectivity index (χ1n) is 7.57. The van der Waals surface area contributed by atoms with Crippen molar-refractivity contribution in [2.75, 3.05) is 6.61 Å². The number of hydrogen-bond donors (Lipinski definition) is 1. The molecule has 3 rings (SSSR count). The Hall–Kier alpha value is -3.16. The molecule has 5 nitrogen and oxygen atoms in total. The normalized spacial score (nSPS) is 11.5. The molecule has 0 bridgehead atoms. The van der Waals surface area contributed by atoms with Gasteiger partial charge >= 0.3 is 12.3 Å². The van der Waals surface area contributed by atoms with Crippen LogP contribution in [0.1, 0.15) is 17.3 Å². The van der Waals surface area contributed by atoms with E-state index in [0.29, 0.717) is 16.5 Å². The van der Waals surface area contributed by atoms with E-state index >= 15 is 0 Å². The van der Waals surface area contributed by atoms with Crippen molar-refractivity contribution in [2.45, 2.75) is 13.3 Å². The van der Waals surface area contributed by atoms with Crippen LogP contribution in [0.5, 0.6) is 11.5 Å². The minimum Gasteiger partial charge on any atom is -0.508 e. The summed E-state index contributed by atoms with van der Waals surface area (Å²) >= 11 is 0. The number of benzene rings is 2. The maximum Gasteiger partial charge on any atom is 0.573 e. The van der Waals surface area contributed by atoms with Crippen LogP contribution >= 0.6 is 0 Å². The van der Waals surface area contributed by atoms with Gasteiger partial charge in [0.2, 0.25) is 0 Å². The number of hydrogen-bond acceptors (Lipinski definition) is 5. The Bertz CT molecular complexity index is 942. The van der Waals surface area contributed by atoms with Crippen molar-refractivity contribution in [3.63, 3.8) is 0 Å². The SMILES string of the molecule is CCOC(=O)c1c(-c2ccc(OC(F)(F)F)cc2)oc2ccc(O)cc12. The van der Waals surface area contributed by atoms with Crippen molar-refractivity contribution in [3.05, 3.63) is 48.0 Å². The fraction of sp³-hybridized carbons (Fsp3) is 0.167. The molecule has 0 radical (unpaired) electrons. The summed E-state index contributed by atoms with van der Waals surface area (Å²) in [4.78, 5) is 12.3. The first-order chi connectivity index (χ1) is 12.3. The third kappa shape index (κ3) is 3.58. The maximum atomic E-state index is 12.3. The minimum absolute atomic E-state index is 0.0654. The van der Waals surface area contributed by atoms with Gasteiger partial charge in [-0.3, -0.25) is 0 Å². The number of fused-ring (bicyclic) bond motifs is 1. The van der Waals surface area contributed by atoms with Gasteiger partial charge in [-0.05, 0) is 49.4 Å². The van der Waals surface area contributed by atoms with Crippen LogP contribution in [-0.2, 0) is 4.74 Å². The van der Waals surface area contributed by atoms with E-state index in [4.69, 9.17) is 9.15 Å². The van der Waals surface area contributed by atoms with Crippen LogP contribution in [0.15, 0.2) is 46.9 Å². The monoisotopic (exact) mass is 366 g/mol. The molecule has 2 aromatic carbocycles. The van der Waals surface area contributed by atoms with Crippen molar-refractivity contribution >= 4 is 16.9 Å². The fourth-order valence-corrected chi connectivity index (χ4v) is 2.50. The second-order valence-electron chi connectivity index (χ2n) is 5.28. The Morgan fingerprint density at radius 1 is 1.15 bits per heavy atom. The van der Waals surface area contributed by atoms with Crippen LogP contribution < -0.4 is 4.74 Å². The number of carbonyl (C=O) groups excluding carboxylic acids is 1. The van der Waals surface area contributed by atoms with Crippen LogP contribution in [0.2, 0.25) is 0 Å². The Labute approximate surface area is 145 Å². The van der Waals surface area contributed by atoms with Gasteiger partial charge < -0.3 is 19.0 Å². The zero-order valence-corrected chi connectivity index (χ0v) is 13.5. The largest absolute Gasteiger partial charge is 0.573 e. The molecule has 0 unspecified atom stereocenters.